The molecular formula is C19H28Cl3NO. The highest BCUT2D eigenvalue weighted by atomic mass is 35.5. The third kappa shape index (κ3) is 3.73. The zero-order chi connectivity index (χ0) is 16.8. The van der Waals surface area contributed by atoms with Crippen molar-refractivity contribution in [3.8, 4) is 0 Å². The number of aliphatic hydroxyl groups is 1. The van der Waals surface area contributed by atoms with Crippen molar-refractivity contribution in [3.63, 3.8) is 0 Å². The standard InChI is InChI=1S/C19H27Cl2NO.ClH/c1-18(2,3)19(23)9-10-22-12-13(7-8-14(22)11-19)17-15(20)5-4-6-16(17)21;/h4-6,13-14,23H,7-12H2,1-3H3;1H/t13-,14+,19-;/m0./s1. The van der Waals surface area contributed by atoms with Crippen LogP contribution in [0.1, 0.15) is 57.9 Å². The largest absolute Gasteiger partial charge is 0.389 e. The minimum atomic E-state index is -0.553. The molecule has 1 aromatic rings. The number of halogens is 3. The van der Waals surface area contributed by atoms with Gasteiger partial charge >= 0.3 is 0 Å². The van der Waals surface area contributed by atoms with Crippen LogP contribution in [0.3, 0.4) is 0 Å². The van der Waals surface area contributed by atoms with Gasteiger partial charge in [0.1, 0.15) is 0 Å². The quantitative estimate of drug-likeness (QED) is 0.678. The van der Waals surface area contributed by atoms with Crippen molar-refractivity contribution in [2.75, 3.05) is 13.1 Å². The average Bonchev–Trinajstić information content (AvgIpc) is 2.46. The first-order valence-corrected chi connectivity index (χ1v) is 9.37. The zero-order valence-electron chi connectivity index (χ0n) is 14.7. The lowest BCUT2D eigenvalue weighted by molar-refractivity contribution is -0.122. The first-order valence-electron chi connectivity index (χ1n) is 8.62. The second-order valence-corrected chi connectivity index (χ2v) is 9.11. The number of benzene rings is 1. The van der Waals surface area contributed by atoms with Crippen LogP contribution in [-0.4, -0.2) is 34.7 Å². The van der Waals surface area contributed by atoms with Crippen LogP contribution in [0.2, 0.25) is 10.0 Å². The molecule has 2 saturated heterocycles. The Bertz CT molecular complexity index is 566. The lowest BCUT2D eigenvalue weighted by atomic mass is 9.67. The van der Waals surface area contributed by atoms with Gasteiger partial charge in [-0.1, -0.05) is 50.0 Å². The predicted octanol–water partition coefficient (Wildman–Crippen LogP) is 5.53. The second kappa shape index (κ2) is 7.32. The van der Waals surface area contributed by atoms with E-state index in [2.05, 4.69) is 25.7 Å². The van der Waals surface area contributed by atoms with Gasteiger partial charge in [-0.25, -0.2) is 0 Å². The van der Waals surface area contributed by atoms with E-state index < -0.39 is 5.60 Å². The smallest absolute Gasteiger partial charge is 0.0722 e. The molecule has 1 N–H and O–H groups in total. The van der Waals surface area contributed by atoms with Crippen LogP contribution >= 0.6 is 35.6 Å². The molecule has 0 aromatic heterocycles. The zero-order valence-corrected chi connectivity index (χ0v) is 17.0. The maximum Gasteiger partial charge on any atom is 0.0722 e. The fourth-order valence-electron chi connectivity index (χ4n) is 4.24. The maximum absolute atomic E-state index is 11.0. The number of fused-ring (bicyclic) bond motifs is 1. The Morgan fingerprint density at radius 2 is 1.79 bits per heavy atom. The van der Waals surface area contributed by atoms with Crippen molar-refractivity contribution >= 4 is 35.6 Å². The number of nitrogens with zero attached hydrogens (tertiary/aromatic N) is 1. The summed E-state index contributed by atoms with van der Waals surface area (Å²) < 4.78 is 0. The number of hydrogen-bond donors (Lipinski definition) is 1. The van der Waals surface area contributed by atoms with Crippen molar-refractivity contribution in [3.05, 3.63) is 33.8 Å². The summed E-state index contributed by atoms with van der Waals surface area (Å²) in [5.74, 6) is 0.397. The minimum Gasteiger partial charge on any atom is -0.389 e. The molecule has 2 nitrogen and oxygen atoms in total. The molecular weight excluding hydrogens is 365 g/mol. The van der Waals surface area contributed by atoms with Crippen LogP contribution in [0.15, 0.2) is 18.2 Å². The predicted molar refractivity (Wildman–Crippen MR) is 105 cm³/mol. The van der Waals surface area contributed by atoms with Gasteiger partial charge in [0, 0.05) is 29.2 Å². The molecule has 2 aliphatic rings. The molecule has 1 aromatic carbocycles. The van der Waals surface area contributed by atoms with Crippen LogP contribution in [0.5, 0.6) is 0 Å². The molecule has 5 heteroatoms. The van der Waals surface area contributed by atoms with Gasteiger partial charge < -0.3 is 5.11 Å². The molecule has 0 aliphatic carbocycles. The van der Waals surface area contributed by atoms with Gasteiger partial charge in [-0.2, -0.15) is 0 Å². The SMILES string of the molecule is CC(C)(C)[C@]1(O)CCN2C[C@@H](c3c(Cl)cccc3Cl)CC[C@@H]2C1.Cl. The van der Waals surface area contributed by atoms with Crippen molar-refractivity contribution in [2.24, 2.45) is 5.41 Å². The molecule has 2 heterocycles. The lowest BCUT2D eigenvalue weighted by Crippen LogP contribution is -2.57. The second-order valence-electron chi connectivity index (χ2n) is 8.29. The van der Waals surface area contributed by atoms with E-state index >= 15 is 0 Å². The van der Waals surface area contributed by atoms with Gasteiger partial charge in [-0.3, -0.25) is 4.90 Å². The Kier molecular flexibility index (Phi) is 6.20. The Balaban J connectivity index is 0.00000208. The molecule has 3 rings (SSSR count). The van der Waals surface area contributed by atoms with Gasteiger partial charge in [0.25, 0.3) is 0 Å². The normalized spacial score (nSPS) is 31.2. The highest BCUT2D eigenvalue weighted by Gasteiger charge is 2.47. The van der Waals surface area contributed by atoms with Gasteiger partial charge in [0.05, 0.1) is 5.60 Å². The van der Waals surface area contributed by atoms with E-state index in [-0.39, 0.29) is 17.8 Å². The fraction of sp³-hybridized carbons (Fsp3) is 0.684. The molecule has 0 radical (unpaired) electrons. The molecule has 0 bridgehead atoms. The Morgan fingerprint density at radius 3 is 2.38 bits per heavy atom. The molecule has 0 saturated carbocycles. The van der Waals surface area contributed by atoms with Crippen LogP contribution in [0.25, 0.3) is 0 Å². The number of hydrogen-bond acceptors (Lipinski definition) is 2. The summed E-state index contributed by atoms with van der Waals surface area (Å²) in [7, 11) is 0. The molecule has 24 heavy (non-hydrogen) atoms. The van der Waals surface area contributed by atoms with Crippen molar-refractivity contribution in [1.82, 2.24) is 4.90 Å². The topological polar surface area (TPSA) is 23.5 Å². The van der Waals surface area contributed by atoms with Gasteiger partial charge in [0.15, 0.2) is 0 Å². The van der Waals surface area contributed by atoms with E-state index in [1.165, 1.54) is 0 Å². The van der Waals surface area contributed by atoms with Crippen LogP contribution < -0.4 is 0 Å². The van der Waals surface area contributed by atoms with Crippen LogP contribution in [0.4, 0.5) is 0 Å². The van der Waals surface area contributed by atoms with E-state index in [9.17, 15) is 5.11 Å². The molecule has 2 fully saturated rings. The monoisotopic (exact) mass is 391 g/mol. The molecule has 0 amide bonds. The number of piperidine rings is 2. The molecule has 0 spiro atoms. The average molecular weight is 393 g/mol. The van der Waals surface area contributed by atoms with Crippen molar-refractivity contribution in [1.29, 1.82) is 0 Å². The van der Waals surface area contributed by atoms with Crippen LogP contribution in [-0.2, 0) is 0 Å². The summed E-state index contributed by atoms with van der Waals surface area (Å²) >= 11 is 12.8. The summed E-state index contributed by atoms with van der Waals surface area (Å²) in [4.78, 5) is 2.54. The van der Waals surface area contributed by atoms with Crippen molar-refractivity contribution < 1.29 is 5.11 Å². The van der Waals surface area contributed by atoms with Gasteiger partial charge in [-0.15, -0.1) is 12.4 Å². The summed E-state index contributed by atoms with van der Waals surface area (Å²) in [6.45, 7) is 8.40. The first-order chi connectivity index (χ1) is 10.7. The van der Waals surface area contributed by atoms with E-state index in [0.29, 0.717) is 12.0 Å². The van der Waals surface area contributed by atoms with Crippen molar-refractivity contribution in [2.45, 2.75) is 64.0 Å². The molecule has 3 atom stereocenters. The molecule has 2 aliphatic heterocycles. The summed E-state index contributed by atoms with van der Waals surface area (Å²) in [5.41, 5.74) is 0.483. The first kappa shape index (κ1) is 20.3. The Hall–Kier alpha value is 0.01000. The van der Waals surface area contributed by atoms with E-state index in [1.54, 1.807) is 0 Å². The maximum atomic E-state index is 11.0. The highest BCUT2D eigenvalue weighted by Crippen LogP contribution is 2.45. The molecule has 136 valence electrons. The van der Waals surface area contributed by atoms with Gasteiger partial charge in [0.2, 0.25) is 0 Å². The fourth-order valence-corrected chi connectivity index (χ4v) is 4.95. The Labute approximate surface area is 161 Å². The lowest BCUT2D eigenvalue weighted by Gasteiger charge is -2.52. The van der Waals surface area contributed by atoms with Crippen LogP contribution in [0, 0.1) is 5.41 Å². The molecule has 0 unspecified atom stereocenters. The third-order valence-electron chi connectivity index (χ3n) is 6.01. The van der Waals surface area contributed by atoms with E-state index in [4.69, 9.17) is 23.2 Å². The van der Waals surface area contributed by atoms with E-state index in [1.807, 2.05) is 18.2 Å². The van der Waals surface area contributed by atoms with E-state index in [0.717, 1.165) is 54.4 Å². The van der Waals surface area contributed by atoms with Gasteiger partial charge in [-0.05, 0) is 54.7 Å². The summed E-state index contributed by atoms with van der Waals surface area (Å²) in [6.07, 6.45) is 3.91. The Morgan fingerprint density at radius 1 is 1.17 bits per heavy atom. The number of rotatable bonds is 1. The summed E-state index contributed by atoms with van der Waals surface area (Å²) in [5, 5.41) is 12.6. The summed E-state index contributed by atoms with van der Waals surface area (Å²) in [6, 6.07) is 6.25. The minimum absolute atomic E-state index is 0. The third-order valence-corrected chi connectivity index (χ3v) is 6.67. The highest BCUT2D eigenvalue weighted by molar-refractivity contribution is 6.36.